The maximum Gasteiger partial charge on any atom is 0.329 e. The molecule has 2 N–H and O–H groups in total. The van der Waals surface area contributed by atoms with Crippen LogP contribution in [0.2, 0.25) is 0 Å². The van der Waals surface area contributed by atoms with Gasteiger partial charge in [-0.25, -0.2) is 0 Å². The molecule has 0 aromatic rings. The normalized spacial score (nSPS) is 15.6. The van der Waals surface area contributed by atoms with Crippen molar-refractivity contribution >= 4 is 23.5 Å². The van der Waals surface area contributed by atoms with Crippen LogP contribution in [0, 0.1) is 0 Å². The highest BCUT2D eigenvalue weighted by molar-refractivity contribution is 9.09. The van der Waals surface area contributed by atoms with Gasteiger partial charge in [0.25, 0.3) is 0 Å². The zero-order chi connectivity index (χ0) is 7.49. The topological polar surface area (TPSA) is 57.5 Å². The fraction of sp³-hybridized carbons (Fsp3) is 1.00. The van der Waals surface area contributed by atoms with Crippen LogP contribution in [0.1, 0.15) is 13.3 Å². The predicted octanol–water partition coefficient (Wildman–Crippen LogP) is 1.34. The first-order valence-electron chi connectivity index (χ1n) is 2.63. The first-order chi connectivity index (χ1) is 4.02. The van der Waals surface area contributed by atoms with E-state index in [9.17, 15) is 4.57 Å². The van der Waals surface area contributed by atoms with Gasteiger partial charge in [0.05, 0.1) is 5.66 Å². The van der Waals surface area contributed by atoms with E-state index >= 15 is 0 Å². The molecule has 0 bridgehead atoms. The van der Waals surface area contributed by atoms with Crippen LogP contribution in [0.3, 0.4) is 0 Å². The first-order valence-corrected chi connectivity index (χ1v) is 5.43. The number of halogens is 1. The van der Waals surface area contributed by atoms with E-state index < -0.39 is 13.3 Å². The van der Waals surface area contributed by atoms with E-state index in [4.69, 9.17) is 9.79 Å². The molecule has 0 aliphatic heterocycles. The second-order valence-corrected chi connectivity index (χ2v) is 4.36. The van der Waals surface area contributed by atoms with E-state index in [1.54, 1.807) is 6.92 Å². The summed E-state index contributed by atoms with van der Waals surface area (Å²) < 4.78 is 10.5. The molecule has 5 heteroatoms. The molecule has 0 aromatic heterocycles. The lowest BCUT2D eigenvalue weighted by Crippen LogP contribution is -2.07. The van der Waals surface area contributed by atoms with E-state index in [-0.39, 0.29) is 0 Å². The molecule has 0 fully saturated rings. The van der Waals surface area contributed by atoms with Crippen molar-refractivity contribution in [2.24, 2.45) is 0 Å². The average Bonchev–Trinajstić information content (AvgIpc) is 1.65. The van der Waals surface area contributed by atoms with Gasteiger partial charge in [-0.1, -0.05) is 22.9 Å². The Morgan fingerprint density at radius 1 is 1.67 bits per heavy atom. The summed E-state index contributed by atoms with van der Waals surface area (Å²) in [5, 5.41) is 0.369. The number of rotatable bonds is 3. The van der Waals surface area contributed by atoms with Crippen LogP contribution in [0.4, 0.5) is 0 Å². The maximum atomic E-state index is 10.5. The van der Waals surface area contributed by atoms with Gasteiger partial charge >= 0.3 is 7.60 Å². The molecule has 56 valence electrons. The summed E-state index contributed by atoms with van der Waals surface area (Å²) in [6.07, 6.45) is 0.509. The lowest BCUT2D eigenvalue weighted by atomic mass is 10.4. The van der Waals surface area contributed by atoms with Crippen molar-refractivity contribution in [2.45, 2.75) is 19.0 Å². The summed E-state index contributed by atoms with van der Waals surface area (Å²) in [5.74, 6) is 0. The van der Waals surface area contributed by atoms with E-state index in [2.05, 4.69) is 15.9 Å². The van der Waals surface area contributed by atoms with Crippen molar-refractivity contribution in [3.63, 3.8) is 0 Å². The van der Waals surface area contributed by atoms with Gasteiger partial charge in [-0.15, -0.1) is 0 Å². The third-order valence-electron chi connectivity index (χ3n) is 1.13. The summed E-state index contributed by atoms with van der Waals surface area (Å²) in [5.41, 5.74) is -0.516. The summed E-state index contributed by atoms with van der Waals surface area (Å²) in [6.45, 7) is 1.75. The summed E-state index contributed by atoms with van der Waals surface area (Å²) in [4.78, 5) is 17.1. The highest BCUT2D eigenvalue weighted by Gasteiger charge is 2.24. The lowest BCUT2D eigenvalue weighted by Gasteiger charge is -2.11. The van der Waals surface area contributed by atoms with Gasteiger partial charge in [0, 0.05) is 5.33 Å². The lowest BCUT2D eigenvalue weighted by molar-refractivity contribution is 0.360. The smallest absolute Gasteiger partial charge is 0.324 e. The minimum absolute atomic E-state index is 0.369. The number of hydrogen-bond acceptors (Lipinski definition) is 1. The van der Waals surface area contributed by atoms with E-state index in [0.29, 0.717) is 11.8 Å². The third-order valence-corrected chi connectivity index (χ3v) is 3.91. The number of alkyl halides is 1. The van der Waals surface area contributed by atoms with Gasteiger partial charge in [-0.05, 0) is 6.42 Å². The second kappa shape index (κ2) is 3.71. The Balaban J connectivity index is 3.96. The third kappa shape index (κ3) is 3.36. The Morgan fingerprint density at radius 2 is 2.11 bits per heavy atom. The largest absolute Gasteiger partial charge is 0.329 e. The van der Waals surface area contributed by atoms with Crippen LogP contribution >= 0.6 is 23.5 Å². The van der Waals surface area contributed by atoms with E-state index in [0.717, 1.165) is 0 Å². The molecular weight excluding hydrogens is 207 g/mol. The highest BCUT2D eigenvalue weighted by Crippen LogP contribution is 2.43. The van der Waals surface area contributed by atoms with Crippen LogP contribution in [-0.4, -0.2) is 20.8 Å². The summed E-state index contributed by atoms with van der Waals surface area (Å²) >= 11 is 3.02. The molecular formula is C4H10BrO3P. The Morgan fingerprint density at radius 3 is 2.11 bits per heavy atom. The molecule has 3 nitrogen and oxygen atoms in total. The van der Waals surface area contributed by atoms with Crippen LogP contribution in [0.5, 0.6) is 0 Å². The Bertz CT molecular complexity index is 117. The fourth-order valence-electron chi connectivity index (χ4n) is 0.437. The monoisotopic (exact) mass is 216 g/mol. The molecule has 0 saturated heterocycles. The molecule has 9 heavy (non-hydrogen) atoms. The average molecular weight is 217 g/mol. The molecule has 0 rings (SSSR count). The van der Waals surface area contributed by atoms with Crippen molar-refractivity contribution in [3.05, 3.63) is 0 Å². The molecule has 0 aromatic carbocycles. The zero-order valence-electron chi connectivity index (χ0n) is 5.12. The first kappa shape index (κ1) is 9.63. The molecule has 0 spiro atoms. The summed E-state index contributed by atoms with van der Waals surface area (Å²) in [7, 11) is -3.82. The Labute approximate surface area is 62.8 Å². The second-order valence-electron chi connectivity index (χ2n) is 1.81. The Hall–Kier alpha value is 0.630. The quantitative estimate of drug-likeness (QED) is 0.553. The molecule has 0 radical (unpaired) electrons. The van der Waals surface area contributed by atoms with E-state index in [1.807, 2.05) is 0 Å². The molecule has 0 aliphatic rings. The van der Waals surface area contributed by atoms with Gasteiger partial charge in [-0.3, -0.25) is 4.57 Å². The molecule has 1 atom stereocenters. The maximum absolute atomic E-state index is 10.5. The van der Waals surface area contributed by atoms with Gasteiger partial charge in [0.15, 0.2) is 0 Å². The van der Waals surface area contributed by atoms with Gasteiger partial charge in [-0.2, -0.15) is 0 Å². The van der Waals surface area contributed by atoms with Crippen molar-refractivity contribution in [1.29, 1.82) is 0 Å². The van der Waals surface area contributed by atoms with Gasteiger partial charge in [0.1, 0.15) is 0 Å². The minimum atomic E-state index is -3.82. The minimum Gasteiger partial charge on any atom is -0.324 e. The van der Waals surface area contributed by atoms with Gasteiger partial charge in [0.2, 0.25) is 0 Å². The van der Waals surface area contributed by atoms with Crippen molar-refractivity contribution in [3.8, 4) is 0 Å². The van der Waals surface area contributed by atoms with Crippen LogP contribution in [-0.2, 0) is 4.57 Å². The molecule has 0 saturated carbocycles. The van der Waals surface area contributed by atoms with Crippen molar-refractivity contribution in [1.82, 2.24) is 0 Å². The van der Waals surface area contributed by atoms with E-state index in [1.165, 1.54) is 0 Å². The van der Waals surface area contributed by atoms with Crippen LogP contribution in [0.15, 0.2) is 0 Å². The van der Waals surface area contributed by atoms with Crippen molar-refractivity contribution in [2.75, 3.05) is 5.33 Å². The molecule has 1 unspecified atom stereocenters. The fourth-order valence-corrected chi connectivity index (χ4v) is 2.68. The molecule has 0 aliphatic carbocycles. The number of hydrogen-bond donors (Lipinski definition) is 2. The molecule has 0 heterocycles. The van der Waals surface area contributed by atoms with Crippen molar-refractivity contribution < 1.29 is 14.4 Å². The summed E-state index contributed by atoms with van der Waals surface area (Å²) in [6, 6.07) is 0. The molecule has 0 amide bonds. The standard InChI is InChI=1S/C4H10BrO3P/c1-2-4(3-5)9(6,7)8/h4H,2-3H2,1H3,(H2,6,7,8). The Kier molecular flexibility index (Phi) is 3.97. The van der Waals surface area contributed by atoms with Crippen LogP contribution in [0.25, 0.3) is 0 Å². The highest BCUT2D eigenvalue weighted by atomic mass is 79.9. The zero-order valence-corrected chi connectivity index (χ0v) is 7.60. The predicted molar refractivity (Wildman–Crippen MR) is 39.9 cm³/mol. The SMILES string of the molecule is CCC(CBr)P(=O)(O)O. The van der Waals surface area contributed by atoms with Crippen LogP contribution < -0.4 is 0 Å². The van der Waals surface area contributed by atoms with Gasteiger partial charge < -0.3 is 9.79 Å².